The monoisotopic (exact) mass is 373 g/mol. The second-order valence-electron chi connectivity index (χ2n) is 7.59. The highest BCUT2D eigenvalue weighted by Gasteiger charge is 2.35. The van der Waals surface area contributed by atoms with Gasteiger partial charge in [0.25, 0.3) is 0 Å². The summed E-state index contributed by atoms with van der Waals surface area (Å²) in [5, 5.41) is 3.15. The van der Waals surface area contributed by atoms with Crippen molar-refractivity contribution >= 4 is 11.8 Å². The standard InChI is InChI=1S/C21H31N3O3/c1-16(17(2)23-11-13-27-14-12-23)22-21(26)19-9-6-10-24(19)20(25)15-18-7-4-3-5-8-18/h3-5,7-8,16-17,19H,6,9-15H2,1-2H3,(H,22,26). The second kappa shape index (κ2) is 9.33. The fraction of sp³-hybridized carbons (Fsp3) is 0.619. The minimum absolute atomic E-state index is 0.0264. The van der Waals surface area contributed by atoms with Crippen LogP contribution in [0.25, 0.3) is 0 Å². The van der Waals surface area contributed by atoms with Crippen molar-refractivity contribution in [3.05, 3.63) is 35.9 Å². The summed E-state index contributed by atoms with van der Waals surface area (Å²) in [6.45, 7) is 8.13. The van der Waals surface area contributed by atoms with Gasteiger partial charge in [-0.2, -0.15) is 0 Å². The number of likely N-dealkylation sites (tertiary alicyclic amines) is 1. The van der Waals surface area contributed by atoms with E-state index in [0.717, 1.165) is 44.7 Å². The normalized spacial score (nSPS) is 23.0. The lowest BCUT2D eigenvalue weighted by atomic mass is 10.1. The number of hydrogen-bond acceptors (Lipinski definition) is 4. The number of rotatable bonds is 6. The van der Waals surface area contributed by atoms with Gasteiger partial charge in [0.05, 0.1) is 19.6 Å². The van der Waals surface area contributed by atoms with Crippen LogP contribution in [0.1, 0.15) is 32.3 Å². The largest absolute Gasteiger partial charge is 0.379 e. The van der Waals surface area contributed by atoms with E-state index in [0.29, 0.717) is 13.0 Å². The number of nitrogens with one attached hydrogen (secondary N) is 1. The first-order valence-electron chi connectivity index (χ1n) is 10.0. The van der Waals surface area contributed by atoms with Crippen LogP contribution in [0.3, 0.4) is 0 Å². The van der Waals surface area contributed by atoms with E-state index in [2.05, 4.69) is 17.1 Å². The summed E-state index contributed by atoms with van der Waals surface area (Å²) in [6, 6.07) is 9.65. The van der Waals surface area contributed by atoms with E-state index in [1.807, 2.05) is 37.3 Å². The molecule has 2 saturated heterocycles. The molecule has 1 aromatic carbocycles. The summed E-state index contributed by atoms with van der Waals surface area (Å²) in [5.41, 5.74) is 0.989. The molecule has 0 aromatic heterocycles. The van der Waals surface area contributed by atoms with Gasteiger partial charge in [-0.25, -0.2) is 0 Å². The Labute approximate surface area is 161 Å². The van der Waals surface area contributed by atoms with E-state index in [-0.39, 0.29) is 29.9 Å². The van der Waals surface area contributed by atoms with Crippen molar-refractivity contribution in [2.75, 3.05) is 32.8 Å². The molecule has 148 valence electrons. The Hall–Kier alpha value is -1.92. The van der Waals surface area contributed by atoms with Gasteiger partial charge >= 0.3 is 0 Å². The molecule has 2 fully saturated rings. The molecule has 0 spiro atoms. The van der Waals surface area contributed by atoms with Crippen LogP contribution >= 0.6 is 0 Å². The quantitative estimate of drug-likeness (QED) is 0.820. The van der Waals surface area contributed by atoms with E-state index in [9.17, 15) is 9.59 Å². The van der Waals surface area contributed by atoms with Gasteiger partial charge in [0, 0.05) is 31.7 Å². The average molecular weight is 373 g/mol. The molecule has 3 unspecified atom stereocenters. The molecule has 2 heterocycles. The van der Waals surface area contributed by atoms with Crippen molar-refractivity contribution in [1.82, 2.24) is 15.1 Å². The summed E-state index contributed by atoms with van der Waals surface area (Å²) in [4.78, 5) is 29.7. The van der Waals surface area contributed by atoms with Gasteiger partial charge in [-0.1, -0.05) is 30.3 Å². The summed E-state index contributed by atoms with van der Waals surface area (Å²) in [7, 11) is 0. The van der Waals surface area contributed by atoms with Crippen LogP contribution in [-0.2, 0) is 20.7 Å². The Bertz CT molecular complexity index is 631. The lowest BCUT2D eigenvalue weighted by molar-refractivity contribution is -0.138. The van der Waals surface area contributed by atoms with Crippen molar-refractivity contribution in [2.45, 2.75) is 51.2 Å². The maximum Gasteiger partial charge on any atom is 0.243 e. The zero-order valence-corrected chi connectivity index (χ0v) is 16.4. The van der Waals surface area contributed by atoms with Gasteiger partial charge in [-0.15, -0.1) is 0 Å². The Kier molecular flexibility index (Phi) is 6.85. The van der Waals surface area contributed by atoms with Crippen LogP contribution in [0.2, 0.25) is 0 Å². The number of benzene rings is 1. The van der Waals surface area contributed by atoms with E-state index < -0.39 is 0 Å². The van der Waals surface area contributed by atoms with Crippen LogP contribution in [0.5, 0.6) is 0 Å². The zero-order valence-electron chi connectivity index (χ0n) is 16.4. The molecule has 0 radical (unpaired) electrons. The molecule has 0 bridgehead atoms. The molecule has 2 amide bonds. The molecule has 6 heteroatoms. The number of carbonyl (C=O) groups excluding carboxylic acids is 2. The fourth-order valence-corrected chi connectivity index (χ4v) is 3.95. The highest BCUT2D eigenvalue weighted by molar-refractivity contribution is 5.89. The van der Waals surface area contributed by atoms with E-state index in [4.69, 9.17) is 4.74 Å². The van der Waals surface area contributed by atoms with Gasteiger partial charge in [0.1, 0.15) is 6.04 Å². The van der Waals surface area contributed by atoms with Crippen LogP contribution < -0.4 is 5.32 Å². The Balaban J connectivity index is 1.55. The number of hydrogen-bond donors (Lipinski definition) is 1. The first kappa shape index (κ1) is 19.8. The van der Waals surface area contributed by atoms with Crippen molar-refractivity contribution in [3.63, 3.8) is 0 Å². The van der Waals surface area contributed by atoms with E-state index in [1.54, 1.807) is 4.90 Å². The molecule has 0 saturated carbocycles. The van der Waals surface area contributed by atoms with Crippen LogP contribution in [-0.4, -0.2) is 72.6 Å². The summed E-state index contributed by atoms with van der Waals surface area (Å²) >= 11 is 0. The van der Waals surface area contributed by atoms with Crippen LogP contribution in [0.4, 0.5) is 0 Å². The molecule has 1 N–H and O–H groups in total. The van der Waals surface area contributed by atoms with Gasteiger partial charge in [0.2, 0.25) is 11.8 Å². The van der Waals surface area contributed by atoms with Crippen molar-refractivity contribution in [1.29, 1.82) is 0 Å². The van der Waals surface area contributed by atoms with Crippen molar-refractivity contribution in [3.8, 4) is 0 Å². The third-order valence-electron chi connectivity index (χ3n) is 5.79. The highest BCUT2D eigenvalue weighted by atomic mass is 16.5. The predicted molar refractivity (Wildman–Crippen MR) is 104 cm³/mol. The van der Waals surface area contributed by atoms with Crippen LogP contribution in [0, 0.1) is 0 Å². The van der Waals surface area contributed by atoms with Gasteiger partial charge in [-0.3, -0.25) is 14.5 Å². The van der Waals surface area contributed by atoms with Crippen molar-refractivity contribution in [2.24, 2.45) is 0 Å². The van der Waals surface area contributed by atoms with Crippen LogP contribution in [0.15, 0.2) is 30.3 Å². The average Bonchev–Trinajstić information content (AvgIpc) is 3.19. The SMILES string of the molecule is CC(NC(=O)C1CCCN1C(=O)Cc1ccccc1)C(C)N1CCOCC1. The van der Waals surface area contributed by atoms with Gasteiger partial charge < -0.3 is 15.0 Å². The Morgan fingerprint density at radius 2 is 1.85 bits per heavy atom. The minimum Gasteiger partial charge on any atom is -0.379 e. The first-order chi connectivity index (χ1) is 13.1. The lowest BCUT2D eigenvalue weighted by Crippen LogP contribution is -2.55. The predicted octanol–water partition coefficient (Wildman–Crippen LogP) is 1.45. The summed E-state index contributed by atoms with van der Waals surface area (Å²) < 4.78 is 5.41. The second-order valence-corrected chi connectivity index (χ2v) is 7.59. The number of morpholine rings is 1. The molecular weight excluding hydrogens is 342 g/mol. The minimum atomic E-state index is -0.347. The first-order valence-corrected chi connectivity index (χ1v) is 10.0. The Morgan fingerprint density at radius 1 is 1.15 bits per heavy atom. The number of amides is 2. The topological polar surface area (TPSA) is 61.9 Å². The molecule has 3 rings (SSSR count). The maximum absolute atomic E-state index is 12.9. The van der Waals surface area contributed by atoms with Crippen molar-refractivity contribution < 1.29 is 14.3 Å². The third kappa shape index (κ3) is 5.08. The summed E-state index contributed by atoms with van der Waals surface area (Å²) in [6.07, 6.45) is 1.97. The molecule has 1 aromatic rings. The molecule has 2 aliphatic heterocycles. The summed E-state index contributed by atoms with van der Waals surface area (Å²) in [5.74, 6) is 0.00857. The molecule has 0 aliphatic carbocycles. The number of nitrogens with zero attached hydrogens (tertiary/aromatic N) is 2. The van der Waals surface area contributed by atoms with Gasteiger partial charge in [-0.05, 0) is 32.3 Å². The third-order valence-corrected chi connectivity index (χ3v) is 5.79. The number of carbonyl (C=O) groups is 2. The molecular formula is C21H31N3O3. The Morgan fingerprint density at radius 3 is 2.56 bits per heavy atom. The zero-order chi connectivity index (χ0) is 19.2. The molecule has 6 nitrogen and oxygen atoms in total. The maximum atomic E-state index is 12.9. The smallest absolute Gasteiger partial charge is 0.243 e. The lowest BCUT2D eigenvalue weighted by Gasteiger charge is -2.36. The van der Waals surface area contributed by atoms with E-state index in [1.165, 1.54) is 0 Å². The van der Waals surface area contributed by atoms with E-state index >= 15 is 0 Å². The highest BCUT2D eigenvalue weighted by Crippen LogP contribution is 2.19. The fourth-order valence-electron chi connectivity index (χ4n) is 3.95. The molecule has 3 atom stereocenters. The number of ether oxygens (including phenoxy) is 1. The van der Waals surface area contributed by atoms with Gasteiger partial charge in [0.15, 0.2) is 0 Å². The molecule has 27 heavy (non-hydrogen) atoms. The molecule has 2 aliphatic rings.